The Kier molecular flexibility index (Phi) is 5.26. The molecule has 1 aromatic rings. The quantitative estimate of drug-likeness (QED) is 0.895. The average Bonchev–Trinajstić information content (AvgIpc) is 2.64. The number of amides is 2. The highest BCUT2D eigenvalue weighted by atomic mass is 16.5. The van der Waals surface area contributed by atoms with Gasteiger partial charge in [-0.3, -0.25) is 9.59 Å². The third kappa shape index (κ3) is 4.03. The summed E-state index contributed by atoms with van der Waals surface area (Å²) >= 11 is 0. The SMILES string of the molecule is COc1cc2c(cc1OC)CC(=O)N(CC(=O)NC(C)C)C=C2. The van der Waals surface area contributed by atoms with E-state index in [1.165, 1.54) is 4.90 Å². The Balaban J connectivity index is 2.22. The van der Waals surface area contributed by atoms with Crippen molar-refractivity contribution < 1.29 is 19.1 Å². The van der Waals surface area contributed by atoms with Gasteiger partial charge in [0, 0.05) is 12.2 Å². The highest BCUT2D eigenvalue weighted by molar-refractivity contribution is 5.89. The van der Waals surface area contributed by atoms with Crippen molar-refractivity contribution in [2.45, 2.75) is 26.3 Å². The van der Waals surface area contributed by atoms with Gasteiger partial charge in [-0.25, -0.2) is 0 Å². The van der Waals surface area contributed by atoms with Crippen LogP contribution in [0, 0.1) is 0 Å². The first kappa shape index (κ1) is 16.9. The van der Waals surface area contributed by atoms with Crippen LogP contribution in [0.25, 0.3) is 6.08 Å². The highest BCUT2D eigenvalue weighted by Crippen LogP contribution is 2.32. The number of nitrogens with zero attached hydrogens (tertiary/aromatic N) is 1. The first-order valence-corrected chi connectivity index (χ1v) is 7.46. The summed E-state index contributed by atoms with van der Waals surface area (Å²) < 4.78 is 10.6. The second-order valence-electron chi connectivity index (χ2n) is 5.64. The van der Waals surface area contributed by atoms with Crippen molar-refractivity contribution in [1.29, 1.82) is 0 Å². The number of hydrogen-bond acceptors (Lipinski definition) is 4. The zero-order valence-electron chi connectivity index (χ0n) is 13.9. The van der Waals surface area contributed by atoms with Crippen molar-refractivity contribution in [2.24, 2.45) is 0 Å². The van der Waals surface area contributed by atoms with Crippen LogP contribution in [0.3, 0.4) is 0 Å². The molecule has 0 radical (unpaired) electrons. The summed E-state index contributed by atoms with van der Waals surface area (Å²) in [5, 5.41) is 2.78. The van der Waals surface area contributed by atoms with Crippen LogP contribution >= 0.6 is 0 Å². The normalized spacial score (nSPS) is 13.6. The molecule has 1 aliphatic rings. The van der Waals surface area contributed by atoms with Gasteiger partial charge in [-0.1, -0.05) is 0 Å². The van der Waals surface area contributed by atoms with Gasteiger partial charge in [-0.15, -0.1) is 0 Å². The van der Waals surface area contributed by atoms with Gasteiger partial charge in [0.05, 0.1) is 20.6 Å². The molecule has 2 rings (SSSR count). The Morgan fingerprint density at radius 3 is 2.52 bits per heavy atom. The van der Waals surface area contributed by atoms with Gasteiger partial charge in [0.1, 0.15) is 6.54 Å². The maximum absolute atomic E-state index is 12.4. The molecule has 0 atom stereocenters. The molecule has 1 N–H and O–H groups in total. The van der Waals surface area contributed by atoms with Crippen LogP contribution in [0.2, 0.25) is 0 Å². The topological polar surface area (TPSA) is 67.9 Å². The minimum Gasteiger partial charge on any atom is -0.493 e. The summed E-state index contributed by atoms with van der Waals surface area (Å²) in [5.41, 5.74) is 1.72. The number of benzene rings is 1. The van der Waals surface area contributed by atoms with Crippen molar-refractivity contribution in [3.8, 4) is 11.5 Å². The molecule has 0 aromatic heterocycles. The first-order chi connectivity index (χ1) is 10.9. The van der Waals surface area contributed by atoms with Crippen molar-refractivity contribution in [1.82, 2.24) is 10.2 Å². The Hall–Kier alpha value is -2.50. The molecule has 0 fully saturated rings. The van der Waals surface area contributed by atoms with Crippen LogP contribution in [0.1, 0.15) is 25.0 Å². The second kappa shape index (κ2) is 7.17. The van der Waals surface area contributed by atoms with Gasteiger partial charge in [-0.05, 0) is 43.2 Å². The molecule has 0 spiro atoms. The number of fused-ring (bicyclic) bond motifs is 1. The monoisotopic (exact) mass is 318 g/mol. The van der Waals surface area contributed by atoms with Crippen LogP contribution in [-0.4, -0.2) is 43.5 Å². The Labute approximate surface area is 136 Å². The standard InChI is InChI=1S/C17H22N2O4/c1-11(2)18-16(20)10-19-6-5-12-7-14(22-3)15(23-4)8-13(12)9-17(19)21/h5-8,11H,9-10H2,1-4H3,(H,18,20). The molecule has 6 nitrogen and oxygen atoms in total. The van der Waals surface area contributed by atoms with E-state index in [1.54, 1.807) is 26.5 Å². The molecule has 2 amide bonds. The fraction of sp³-hybridized carbons (Fsp3) is 0.412. The van der Waals surface area contributed by atoms with E-state index in [2.05, 4.69) is 5.32 Å². The fourth-order valence-electron chi connectivity index (χ4n) is 2.43. The summed E-state index contributed by atoms with van der Waals surface area (Å²) in [6.07, 6.45) is 3.66. The number of rotatable bonds is 5. The zero-order chi connectivity index (χ0) is 17.0. The third-order valence-electron chi connectivity index (χ3n) is 3.51. The Bertz CT molecular complexity index is 638. The molecule has 0 unspecified atom stereocenters. The van der Waals surface area contributed by atoms with E-state index in [0.717, 1.165) is 11.1 Å². The van der Waals surface area contributed by atoms with Gasteiger partial charge < -0.3 is 19.7 Å². The minimum absolute atomic E-state index is 0.00969. The number of carbonyl (C=O) groups is 2. The molecule has 124 valence electrons. The molecule has 0 aliphatic carbocycles. The van der Waals surface area contributed by atoms with E-state index in [1.807, 2.05) is 26.0 Å². The Morgan fingerprint density at radius 1 is 1.26 bits per heavy atom. The van der Waals surface area contributed by atoms with Crippen LogP contribution in [0.15, 0.2) is 18.3 Å². The summed E-state index contributed by atoms with van der Waals surface area (Å²) in [6.45, 7) is 3.77. The predicted molar refractivity (Wildman–Crippen MR) is 87.3 cm³/mol. The van der Waals surface area contributed by atoms with Gasteiger partial charge in [-0.2, -0.15) is 0 Å². The molecule has 1 aliphatic heterocycles. The van der Waals surface area contributed by atoms with E-state index in [-0.39, 0.29) is 30.8 Å². The molecule has 0 saturated heterocycles. The number of hydrogen-bond donors (Lipinski definition) is 1. The second-order valence-corrected chi connectivity index (χ2v) is 5.64. The summed E-state index contributed by atoms with van der Waals surface area (Å²) in [7, 11) is 3.12. The van der Waals surface area contributed by atoms with Crippen LogP contribution < -0.4 is 14.8 Å². The van der Waals surface area contributed by atoms with E-state index in [4.69, 9.17) is 9.47 Å². The molecule has 23 heavy (non-hydrogen) atoms. The van der Waals surface area contributed by atoms with E-state index in [0.29, 0.717) is 11.5 Å². The number of nitrogens with one attached hydrogen (secondary N) is 1. The van der Waals surface area contributed by atoms with Gasteiger partial charge >= 0.3 is 0 Å². The Morgan fingerprint density at radius 2 is 1.91 bits per heavy atom. The largest absolute Gasteiger partial charge is 0.493 e. The minimum atomic E-state index is -0.181. The first-order valence-electron chi connectivity index (χ1n) is 7.46. The number of carbonyl (C=O) groups excluding carboxylic acids is 2. The van der Waals surface area contributed by atoms with Crippen LogP contribution in [-0.2, 0) is 16.0 Å². The zero-order valence-corrected chi connectivity index (χ0v) is 13.9. The van der Waals surface area contributed by atoms with Gasteiger partial charge in [0.25, 0.3) is 0 Å². The van der Waals surface area contributed by atoms with Crippen LogP contribution in [0.4, 0.5) is 0 Å². The summed E-state index contributed by atoms with van der Waals surface area (Å²) in [5.74, 6) is 0.873. The maximum Gasteiger partial charge on any atom is 0.240 e. The molecular weight excluding hydrogens is 296 g/mol. The smallest absolute Gasteiger partial charge is 0.240 e. The van der Waals surface area contributed by atoms with E-state index < -0.39 is 0 Å². The van der Waals surface area contributed by atoms with Crippen molar-refractivity contribution in [3.63, 3.8) is 0 Å². The van der Waals surface area contributed by atoms with Crippen molar-refractivity contribution >= 4 is 17.9 Å². The molecule has 1 aromatic carbocycles. The van der Waals surface area contributed by atoms with Gasteiger partial charge in [0.15, 0.2) is 11.5 Å². The molecule has 6 heteroatoms. The van der Waals surface area contributed by atoms with E-state index in [9.17, 15) is 9.59 Å². The van der Waals surface area contributed by atoms with Crippen LogP contribution in [0.5, 0.6) is 11.5 Å². The van der Waals surface area contributed by atoms with Gasteiger partial charge in [0.2, 0.25) is 11.8 Å². The lowest BCUT2D eigenvalue weighted by molar-refractivity contribution is -0.133. The summed E-state index contributed by atoms with van der Waals surface area (Å²) in [6, 6.07) is 3.67. The fourth-order valence-corrected chi connectivity index (χ4v) is 2.43. The summed E-state index contributed by atoms with van der Waals surface area (Å²) in [4.78, 5) is 25.7. The molecule has 0 bridgehead atoms. The highest BCUT2D eigenvalue weighted by Gasteiger charge is 2.21. The molecule has 1 heterocycles. The lowest BCUT2D eigenvalue weighted by atomic mass is 10.0. The average molecular weight is 318 g/mol. The lowest BCUT2D eigenvalue weighted by Gasteiger charge is -2.17. The maximum atomic E-state index is 12.4. The lowest BCUT2D eigenvalue weighted by Crippen LogP contribution is -2.40. The third-order valence-corrected chi connectivity index (χ3v) is 3.51. The van der Waals surface area contributed by atoms with Crippen molar-refractivity contribution in [3.05, 3.63) is 29.5 Å². The number of ether oxygens (including phenoxy) is 2. The van der Waals surface area contributed by atoms with E-state index >= 15 is 0 Å². The molecule has 0 saturated carbocycles. The predicted octanol–water partition coefficient (Wildman–Crippen LogP) is 1.58. The van der Waals surface area contributed by atoms with Crippen molar-refractivity contribution in [2.75, 3.05) is 20.8 Å². The number of methoxy groups -OCH3 is 2. The molecular formula is C17H22N2O4.